The van der Waals surface area contributed by atoms with Gasteiger partial charge in [0, 0.05) is 16.9 Å². The Bertz CT molecular complexity index is 1590. The fourth-order valence-electron chi connectivity index (χ4n) is 4.38. The van der Waals surface area contributed by atoms with E-state index in [-0.39, 0.29) is 0 Å². The number of fused-ring (bicyclic) bond motifs is 2. The first kappa shape index (κ1) is 23.6. The SMILES string of the molecule is Bc1ncnc2c1c(-c1ccccc1)nn2CC1=Nc2snc(C)c2C(=C)N1/C(=C/C=C\C)C(=C)C. The van der Waals surface area contributed by atoms with Crippen LogP contribution in [-0.2, 0) is 6.54 Å². The third-order valence-corrected chi connectivity index (χ3v) is 6.91. The molecule has 3 aromatic heterocycles. The van der Waals surface area contributed by atoms with Crippen molar-refractivity contribution in [3.8, 4) is 11.3 Å². The highest BCUT2D eigenvalue weighted by molar-refractivity contribution is 7.10. The molecule has 36 heavy (non-hydrogen) atoms. The van der Waals surface area contributed by atoms with E-state index in [2.05, 4.69) is 44.5 Å². The van der Waals surface area contributed by atoms with Crippen molar-refractivity contribution in [3.05, 3.63) is 90.6 Å². The minimum atomic E-state index is 0.385. The van der Waals surface area contributed by atoms with Crippen LogP contribution in [0.4, 0.5) is 5.00 Å². The van der Waals surface area contributed by atoms with E-state index in [1.54, 1.807) is 6.33 Å². The molecule has 0 N–H and O–H groups in total. The number of hydrogen-bond acceptors (Lipinski definition) is 7. The number of hydrogen-bond donors (Lipinski definition) is 0. The summed E-state index contributed by atoms with van der Waals surface area (Å²) in [6, 6.07) is 10.1. The topological polar surface area (TPSA) is 72.1 Å². The van der Waals surface area contributed by atoms with E-state index >= 15 is 0 Å². The van der Waals surface area contributed by atoms with Crippen molar-refractivity contribution < 1.29 is 0 Å². The van der Waals surface area contributed by atoms with Crippen LogP contribution in [0.25, 0.3) is 28.0 Å². The number of nitrogens with zero attached hydrogens (tertiary/aromatic N) is 7. The molecule has 178 valence electrons. The Hall–Kier alpha value is -4.11. The summed E-state index contributed by atoms with van der Waals surface area (Å²) >= 11 is 1.38. The first-order valence-electron chi connectivity index (χ1n) is 11.7. The van der Waals surface area contributed by atoms with Gasteiger partial charge in [-0.25, -0.2) is 14.7 Å². The molecule has 0 fully saturated rings. The van der Waals surface area contributed by atoms with Gasteiger partial charge in [-0.05, 0) is 44.0 Å². The molecule has 4 heterocycles. The molecule has 0 saturated heterocycles. The second-order valence-electron chi connectivity index (χ2n) is 8.65. The van der Waals surface area contributed by atoms with E-state index in [0.29, 0.717) is 6.54 Å². The summed E-state index contributed by atoms with van der Waals surface area (Å²) in [6.07, 6.45) is 7.60. The summed E-state index contributed by atoms with van der Waals surface area (Å²) in [5.41, 5.74) is 8.03. The van der Waals surface area contributed by atoms with Crippen LogP contribution in [-0.4, -0.2) is 42.7 Å². The van der Waals surface area contributed by atoms with Crippen molar-refractivity contribution in [2.45, 2.75) is 27.3 Å². The summed E-state index contributed by atoms with van der Waals surface area (Å²) in [5.74, 6) is 0.773. The second kappa shape index (κ2) is 9.51. The van der Waals surface area contributed by atoms with E-state index in [1.807, 2.05) is 69.7 Å². The molecule has 0 spiro atoms. The smallest absolute Gasteiger partial charge is 0.165 e. The zero-order chi connectivity index (χ0) is 25.4. The van der Waals surface area contributed by atoms with Gasteiger partial charge in [0.05, 0.1) is 22.3 Å². The molecule has 5 rings (SSSR count). The van der Waals surface area contributed by atoms with Crippen molar-refractivity contribution in [1.82, 2.24) is 29.0 Å². The third kappa shape index (κ3) is 4.01. The molecule has 7 nitrogen and oxygen atoms in total. The van der Waals surface area contributed by atoms with Crippen LogP contribution in [0, 0.1) is 6.92 Å². The van der Waals surface area contributed by atoms with Crippen LogP contribution in [0.15, 0.2) is 84.3 Å². The largest absolute Gasteiger partial charge is 0.296 e. The van der Waals surface area contributed by atoms with Crippen LogP contribution < -0.4 is 5.59 Å². The Morgan fingerprint density at radius 1 is 1.19 bits per heavy atom. The monoisotopic (exact) mass is 491 g/mol. The van der Waals surface area contributed by atoms with E-state index < -0.39 is 0 Å². The van der Waals surface area contributed by atoms with E-state index in [4.69, 9.17) is 10.1 Å². The lowest BCUT2D eigenvalue weighted by Crippen LogP contribution is -2.34. The van der Waals surface area contributed by atoms with Crippen molar-refractivity contribution in [3.63, 3.8) is 0 Å². The molecule has 1 aliphatic heterocycles. The van der Waals surface area contributed by atoms with Gasteiger partial charge in [0.15, 0.2) is 13.5 Å². The quantitative estimate of drug-likeness (QED) is 0.292. The van der Waals surface area contributed by atoms with Gasteiger partial charge in [-0.3, -0.25) is 9.88 Å². The molecule has 0 atom stereocenters. The van der Waals surface area contributed by atoms with Gasteiger partial charge in [-0.1, -0.05) is 55.6 Å². The lowest BCUT2D eigenvalue weighted by atomic mass is 9.97. The normalized spacial score (nSPS) is 14.0. The molecule has 0 aliphatic carbocycles. The van der Waals surface area contributed by atoms with Crippen LogP contribution in [0.1, 0.15) is 25.1 Å². The zero-order valence-corrected chi connectivity index (χ0v) is 21.7. The number of amidine groups is 1. The maximum absolute atomic E-state index is 5.04. The molecule has 0 unspecified atom stereocenters. The Kier molecular flexibility index (Phi) is 6.24. The van der Waals surface area contributed by atoms with Crippen molar-refractivity contribution in [1.29, 1.82) is 0 Å². The number of aromatic nitrogens is 5. The van der Waals surface area contributed by atoms with Crippen molar-refractivity contribution in [2.75, 3.05) is 0 Å². The molecule has 0 bridgehead atoms. The highest BCUT2D eigenvalue weighted by atomic mass is 32.1. The summed E-state index contributed by atoms with van der Waals surface area (Å²) in [4.78, 5) is 16.2. The third-order valence-electron chi connectivity index (χ3n) is 6.07. The molecular formula is C27H26BN7S. The van der Waals surface area contributed by atoms with E-state index in [0.717, 1.165) is 66.9 Å². The second-order valence-corrected chi connectivity index (χ2v) is 9.40. The molecular weight excluding hydrogens is 465 g/mol. The number of aryl methyl sites for hydroxylation is 1. The predicted octanol–water partition coefficient (Wildman–Crippen LogP) is 4.57. The van der Waals surface area contributed by atoms with E-state index in [9.17, 15) is 0 Å². The minimum absolute atomic E-state index is 0.385. The minimum Gasteiger partial charge on any atom is -0.296 e. The fraction of sp³-hybridized carbons (Fsp3) is 0.148. The fourth-order valence-corrected chi connectivity index (χ4v) is 5.20. The van der Waals surface area contributed by atoms with Gasteiger partial charge >= 0.3 is 0 Å². The molecule has 4 aromatic rings. The van der Waals surface area contributed by atoms with Crippen molar-refractivity contribution in [2.24, 2.45) is 4.99 Å². The van der Waals surface area contributed by atoms with Crippen molar-refractivity contribution >= 4 is 52.5 Å². The lowest BCUT2D eigenvalue weighted by Gasteiger charge is -2.33. The lowest BCUT2D eigenvalue weighted by molar-refractivity contribution is 0.645. The van der Waals surface area contributed by atoms with Gasteiger partial charge in [-0.15, -0.1) is 0 Å². The molecule has 1 aromatic carbocycles. The molecule has 9 heteroatoms. The van der Waals surface area contributed by atoms with Gasteiger partial charge in [0.25, 0.3) is 0 Å². The maximum Gasteiger partial charge on any atom is 0.165 e. The average molecular weight is 491 g/mol. The highest BCUT2D eigenvalue weighted by Crippen LogP contribution is 2.41. The van der Waals surface area contributed by atoms with Gasteiger partial charge < -0.3 is 0 Å². The van der Waals surface area contributed by atoms with Gasteiger partial charge in [0.1, 0.15) is 29.4 Å². The average Bonchev–Trinajstić information content (AvgIpc) is 3.43. The van der Waals surface area contributed by atoms with Gasteiger partial charge in [0.2, 0.25) is 0 Å². The number of rotatable bonds is 6. The van der Waals surface area contributed by atoms with Crippen LogP contribution in [0.2, 0.25) is 0 Å². The number of aliphatic imine (C=N–C) groups is 1. The Labute approximate surface area is 215 Å². The standard InChI is InChI=1S/C27H26BN7S/c1-6-7-13-20(16(2)3)35-18(5)22-17(4)33-36-27(22)31-21(35)14-34-26-23(25(28)29-15-30-26)24(32-34)19-11-9-8-10-12-19/h6-13,15H,2,5,14,28H2,1,3-4H3/b7-6-,20-13+. The molecule has 0 amide bonds. The van der Waals surface area contributed by atoms with Gasteiger partial charge in [-0.2, -0.15) is 9.47 Å². The Morgan fingerprint density at radius 2 is 1.97 bits per heavy atom. The van der Waals surface area contributed by atoms with E-state index in [1.165, 1.54) is 11.5 Å². The summed E-state index contributed by atoms with van der Waals surface area (Å²) < 4.78 is 6.44. The van der Waals surface area contributed by atoms with Crippen LogP contribution >= 0.6 is 11.5 Å². The molecule has 0 saturated carbocycles. The Morgan fingerprint density at radius 3 is 2.69 bits per heavy atom. The van der Waals surface area contributed by atoms with Crippen LogP contribution in [0.5, 0.6) is 0 Å². The first-order valence-corrected chi connectivity index (χ1v) is 12.4. The Balaban J connectivity index is 1.70. The summed E-state index contributed by atoms with van der Waals surface area (Å²) in [7, 11) is 1.99. The zero-order valence-electron chi connectivity index (χ0n) is 20.9. The maximum atomic E-state index is 5.04. The number of allylic oxidation sites excluding steroid dienone is 4. The molecule has 1 aliphatic rings. The predicted molar refractivity (Wildman–Crippen MR) is 151 cm³/mol. The van der Waals surface area contributed by atoms with Crippen LogP contribution in [0.3, 0.4) is 0 Å². The summed E-state index contributed by atoms with van der Waals surface area (Å²) in [5, 5.41) is 6.79. The first-order chi connectivity index (χ1) is 17.4. The molecule has 0 radical (unpaired) electrons. The summed E-state index contributed by atoms with van der Waals surface area (Å²) in [6.45, 7) is 15.0. The highest BCUT2D eigenvalue weighted by Gasteiger charge is 2.31. The number of benzene rings is 1.